The largest absolute Gasteiger partial charge is 0.396 e. The second-order valence-electron chi connectivity index (χ2n) is 6.25. The molecule has 1 aromatic heterocycles. The molecule has 3 N–H and O–H groups in total. The maximum absolute atomic E-state index is 11.8. The molecule has 0 radical (unpaired) electrons. The highest BCUT2D eigenvalue weighted by Crippen LogP contribution is 2.23. The molecule has 0 aliphatic heterocycles. The number of carbonyl (C=O) groups excluding carboxylic acids is 1. The molecule has 2 rings (SSSR count). The lowest BCUT2D eigenvalue weighted by atomic mass is 9.87. The van der Waals surface area contributed by atoms with Gasteiger partial charge in [0.1, 0.15) is 0 Å². The maximum Gasteiger partial charge on any atom is 0.315 e. The van der Waals surface area contributed by atoms with Crippen LogP contribution in [0.2, 0.25) is 0 Å². The molecule has 22 heavy (non-hydrogen) atoms. The van der Waals surface area contributed by atoms with Gasteiger partial charge < -0.3 is 20.3 Å². The number of hydrogen-bond donors (Lipinski definition) is 3. The fourth-order valence-electron chi connectivity index (χ4n) is 2.61. The van der Waals surface area contributed by atoms with Crippen LogP contribution in [-0.2, 0) is 6.42 Å². The summed E-state index contributed by atoms with van der Waals surface area (Å²) in [6.07, 6.45) is 4.34. The van der Waals surface area contributed by atoms with Gasteiger partial charge in [-0.05, 0) is 31.6 Å². The number of carbonyl (C=O) groups is 1. The van der Waals surface area contributed by atoms with Gasteiger partial charge in [-0.15, -0.1) is 0 Å². The average Bonchev–Trinajstić information content (AvgIpc) is 2.97. The Morgan fingerprint density at radius 2 is 2.09 bits per heavy atom. The third-order valence-electron chi connectivity index (χ3n) is 4.06. The van der Waals surface area contributed by atoms with Crippen LogP contribution in [0.15, 0.2) is 4.52 Å². The molecule has 7 nitrogen and oxygen atoms in total. The monoisotopic (exact) mass is 310 g/mol. The van der Waals surface area contributed by atoms with Gasteiger partial charge in [-0.1, -0.05) is 19.0 Å². The Morgan fingerprint density at radius 3 is 2.68 bits per heavy atom. The number of nitrogens with one attached hydrogen (secondary N) is 2. The van der Waals surface area contributed by atoms with E-state index < -0.39 is 0 Å². The van der Waals surface area contributed by atoms with E-state index in [0.717, 1.165) is 25.7 Å². The highest BCUT2D eigenvalue weighted by atomic mass is 16.5. The normalized spacial score (nSPS) is 21.8. The lowest BCUT2D eigenvalue weighted by Crippen LogP contribution is -2.44. The van der Waals surface area contributed by atoms with Gasteiger partial charge in [-0.3, -0.25) is 0 Å². The molecule has 0 saturated heterocycles. The van der Waals surface area contributed by atoms with Gasteiger partial charge in [0.25, 0.3) is 0 Å². The van der Waals surface area contributed by atoms with Crippen LogP contribution in [0, 0.1) is 5.92 Å². The number of hydrogen-bond acceptors (Lipinski definition) is 5. The number of aromatic nitrogens is 2. The molecule has 1 aromatic rings. The lowest BCUT2D eigenvalue weighted by Gasteiger charge is -2.27. The van der Waals surface area contributed by atoms with E-state index in [1.807, 2.05) is 13.8 Å². The van der Waals surface area contributed by atoms with Crippen molar-refractivity contribution in [3.8, 4) is 0 Å². The summed E-state index contributed by atoms with van der Waals surface area (Å²) in [6.45, 7) is 4.73. The van der Waals surface area contributed by atoms with Gasteiger partial charge in [-0.25, -0.2) is 4.79 Å². The van der Waals surface area contributed by atoms with E-state index in [1.165, 1.54) is 0 Å². The Morgan fingerprint density at radius 1 is 1.36 bits per heavy atom. The van der Waals surface area contributed by atoms with Crippen LogP contribution in [-0.4, -0.2) is 40.5 Å². The molecule has 0 unspecified atom stereocenters. The van der Waals surface area contributed by atoms with Crippen LogP contribution < -0.4 is 10.6 Å². The van der Waals surface area contributed by atoms with Crippen molar-refractivity contribution in [3.05, 3.63) is 11.7 Å². The summed E-state index contributed by atoms with van der Waals surface area (Å²) in [5, 5.41) is 18.8. The van der Waals surface area contributed by atoms with Crippen LogP contribution in [0.25, 0.3) is 0 Å². The van der Waals surface area contributed by atoms with Crippen molar-refractivity contribution in [2.75, 3.05) is 13.2 Å². The molecule has 1 saturated carbocycles. The smallest absolute Gasteiger partial charge is 0.315 e. The molecule has 0 spiro atoms. The number of aliphatic hydroxyl groups is 1. The van der Waals surface area contributed by atoms with Gasteiger partial charge in [0.2, 0.25) is 5.89 Å². The second kappa shape index (κ2) is 8.12. The maximum atomic E-state index is 11.8. The first-order chi connectivity index (χ1) is 10.6. The molecule has 1 aliphatic rings. The van der Waals surface area contributed by atoms with E-state index >= 15 is 0 Å². The minimum atomic E-state index is -0.156. The molecule has 1 heterocycles. The van der Waals surface area contributed by atoms with E-state index in [9.17, 15) is 4.79 Å². The highest BCUT2D eigenvalue weighted by molar-refractivity contribution is 5.74. The Balaban J connectivity index is 1.63. The van der Waals surface area contributed by atoms with Crippen molar-refractivity contribution in [1.29, 1.82) is 0 Å². The number of amides is 2. The summed E-state index contributed by atoms with van der Waals surface area (Å²) in [6, 6.07) is 0.0507. The highest BCUT2D eigenvalue weighted by Gasteiger charge is 2.21. The summed E-state index contributed by atoms with van der Waals surface area (Å²) in [5.74, 6) is 1.88. The molecule has 2 amide bonds. The van der Waals surface area contributed by atoms with Gasteiger partial charge in [0, 0.05) is 31.5 Å². The Bertz CT molecular complexity index is 467. The first-order valence-electron chi connectivity index (χ1n) is 8.06. The van der Waals surface area contributed by atoms with Crippen LogP contribution >= 0.6 is 0 Å². The van der Waals surface area contributed by atoms with E-state index in [1.54, 1.807) is 0 Å². The van der Waals surface area contributed by atoms with Crippen molar-refractivity contribution in [2.24, 2.45) is 5.92 Å². The summed E-state index contributed by atoms with van der Waals surface area (Å²) in [4.78, 5) is 16.1. The fourth-order valence-corrected chi connectivity index (χ4v) is 2.61. The standard InChI is InChI=1S/C15H26N4O3/c1-10(2)14-18-13(22-19-14)7-8-16-15(21)17-12-5-3-11(9-20)4-6-12/h10-12,20H,3-9H2,1-2H3,(H2,16,17,21). The van der Waals surface area contributed by atoms with E-state index in [-0.39, 0.29) is 24.6 Å². The van der Waals surface area contributed by atoms with Gasteiger partial charge >= 0.3 is 6.03 Å². The van der Waals surface area contributed by atoms with E-state index in [2.05, 4.69) is 20.8 Å². The summed E-state index contributed by atoms with van der Waals surface area (Å²) in [7, 11) is 0. The molecular formula is C15H26N4O3. The molecule has 7 heteroatoms. The minimum Gasteiger partial charge on any atom is -0.396 e. The van der Waals surface area contributed by atoms with Crippen LogP contribution in [0.1, 0.15) is 57.2 Å². The topological polar surface area (TPSA) is 100 Å². The van der Waals surface area contributed by atoms with Crippen molar-refractivity contribution in [1.82, 2.24) is 20.8 Å². The number of urea groups is 1. The molecular weight excluding hydrogens is 284 g/mol. The predicted molar refractivity (Wildman–Crippen MR) is 81.5 cm³/mol. The Kier molecular flexibility index (Phi) is 6.18. The number of aliphatic hydroxyl groups excluding tert-OH is 1. The van der Waals surface area contributed by atoms with Gasteiger partial charge in [0.05, 0.1) is 0 Å². The van der Waals surface area contributed by atoms with Crippen molar-refractivity contribution >= 4 is 6.03 Å². The Labute approximate surface area is 130 Å². The summed E-state index contributed by atoms with van der Waals surface area (Å²) in [5.41, 5.74) is 0. The van der Waals surface area contributed by atoms with E-state index in [4.69, 9.17) is 9.63 Å². The third kappa shape index (κ3) is 4.98. The first-order valence-corrected chi connectivity index (χ1v) is 8.06. The van der Waals surface area contributed by atoms with Gasteiger partial charge in [-0.2, -0.15) is 4.98 Å². The molecule has 0 aromatic carbocycles. The number of rotatable bonds is 6. The first kappa shape index (κ1) is 16.7. The van der Waals surface area contributed by atoms with Crippen LogP contribution in [0.5, 0.6) is 0 Å². The molecule has 124 valence electrons. The zero-order chi connectivity index (χ0) is 15.9. The SMILES string of the molecule is CC(C)c1noc(CCNC(=O)NC2CCC(CO)CC2)n1. The lowest BCUT2D eigenvalue weighted by molar-refractivity contribution is 0.174. The van der Waals surface area contributed by atoms with Crippen molar-refractivity contribution < 1.29 is 14.4 Å². The summed E-state index contributed by atoms with van der Waals surface area (Å²) < 4.78 is 5.13. The van der Waals surface area contributed by atoms with Crippen molar-refractivity contribution in [2.45, 2.75) is 57.9 Å². The number of nitrogens with zero attached hydrogens (tertiary/aromatic N) is 2. The van der Waals surface area contributed by atoms with Crippen LogP contribution in [0.3, 0.4) is 0 Å². The van der Waals surface area contributed by atoms with Crippen molar-refractivity contribution in [3.63, 3.8) is 0 Å². The predicted octanol–water partition coefficient (Wildman–Crippen LogP) is 1.59. The molecule has 1 aliphatic carbocycles. The third-order valence-corrected chi connectivity index (χ3v) is 4.06. The van der Waals surface area contributed by atoms with E-state index in [0.29, 0.717) is 30.6 Å². The molecule has 0 atom stereocenters. The molecule has 0 bridgehead atoms. The average molecular weight is 310 g/mol. The quantitative estimate of drug-likeness (QED) is 0.741. The van der Waals surface area contributed by atoms with Gasteiger partial charge in [0.15, 0.2) is 5.82 Å². The molecule has 1 fully saturated rings. The Hall–Kier alpha value is -1.63. The zero-order valence-corrected chi connectivity index (χ0v) is 13.3. The zero-order valence-electron chi connectivity index (χ0n) is 13.3. The summed E-state index contributed by atoms with van der Waals surface area (Å²) >= 11 is 0. The van der Waals surface area contributed by atoms with Crippen LogP contribution in [0.4, 0.5) is 4.79 Å². The second-order valence-corrected chi connectivity index (χ2v) is 6.25. The minimum absolute atomic E-state index is 0.156. The fraction of sp³-hybridized carbons (Fsp3) is 0.800.